The third-order valence-corrected chi connectivity index (χ3v) is 17.2. The summed E-state index contributed by atoms with van der Waals surface area (Å²) in [6.45, 7) is 50.1. The van der Waals surface area contributed by atoms with Crippen LogP contribution in [0.4, 0.5) is 0 Å². The molecule has 4 amide bonds. The summed E-state index contributed by atoms with van der Waals surface area (Å²) in [7, 11) is 0. The molecule has 2 aliphatic rings. The topological polar surface area (TPSA) is 140 Å². The molecule has 2 heterocycles. The van der Waals surface area contributed by atoms with Crippen LogP contribution in [0.1, 0.15) is 307 Å². The molecule has 12 heteroatoms. The zero-order valence-corrected chi connectivity index (χ0v) is 68.3. The summed E-state index contributed by atoms with van der Waals surface area (Å²) in [4.78, 5) is 54.8. The molecule has 2 aliphatic heterocycles. The predicted octanol–water partition coefficient (Wildman–Crippen LogP) is 20.9. The van der Waals surface area contributed by atoms with Crippen LogP contribution in [0.5, 0.6) is 0 Å². The van der Waals surface area contributed by atoms with Gasteiger partial charge in [-0.2, -0.15) is 72.8 Å². The minimum Gasteiger partial charge on any atom is -0.356 e. The molecule has 6 aromatic carbocycles. The van der Waals surface area contributed by atoms with Gasteiger partial charge in [0.1, 0.15) is 0 Å². The van der Waals surface area contributed by atoms with Crippen LogP contribution in [-0.2, 0) is 52.4 Å². The fourth-order valence-corrected chi connectivity index (χ4v) is 12.0. The van der Waals surface area contributed by atoms with Crippen molar-refractivity contribution >= 4 is 23.6 Å². The fraction of sp³-hybridized carbons (Fsp3) is 0.395. The molecule has 6 aromatic rings. The molecule has 0 unspecified atom stereocenters. The molecular weight excluding hydrogens is 1360 g/mol. The van der Waals surface area contributed by atoms with Gasteiger partial charge in [-0.1, -0.05) is 194 Å². The molecule has 0 spiro atoms. The van der Waals surface area contributed by atoms with E-state index in [1.54, 1.807) is 0 Å². The Kier molecular flexibility index (Phi) is 35.1. The third kappa shape index (κ3) is 24.1. The number of amides is 4. The van der Waals surface area contributed by atoms with Gasteiger partial charge in [0.05, 0.1) is 11.4 Å². The normalized spacial score (nSPS) is 14.5. The van der Waals surface area contributed by atoms with E-state index in [0.717, 1.165) is 112 Å². The van der Waals surface area contributed by atoms with Gasteiger partial charge >= 0.3 is 26.2 Å². The Morgan fingerprint density at radius 3 is 0.694 bits per heavy atom. The maximum Gasteiger partial charge on any atom is 2.00 e. The van der Waals surface area contributed by atoms with Crippen molar-refractivity contribution in [3.05, 3.63) is 280 Å². The second kappa shape index (κ2) is 40.3. The van der Waals surface area contributed by atoms with E-state index in [0.29, 0.717) is 12.8 Å². The van der Waals surface area contributed by atoms with Gasteiger partial charge in [-0.3, -0.25) is 19.2 Å². The van der Waals surface area contributed by atoms with Gasteiger partial charge < -0.3 is 31.9 Å². The molecule has 0 aliphatic carbocycles. The van der Waals surface area contributed by atoms with Crippen molar-refractivity contribution in [2.24, 2.45) is 0 Å². The van der Waals surface area contributed by atoms with Crippen LogP contribution in [0, 0.1) is 39.8 Å². The maximum atomic E-state index is 13.7. The van der Waals surface area contributed by atoms with E-state index in [1.165, 1.54) is 22.3 Å². The first-order valence-electron chi connectivity index (χ1n) is 34.6. The van der Waals surface area contributed by atoms with Crippen molar-refractivity contribution < 1.29 is 71.6 Å². The van der Waals surface area contributed by atoms with E-state index in [9.17, 15) is 19.2 Å². The number of nitrogens with one attached hydrogen (secondary N) is 6. The van der Waals surface area contributed by atoms with Gasteiger partial charge in [-0.25, -0.2) is 0 Å². The Balaban J connectivity index is 0.000000425. The molecule has 0 fully saturated rings. The van der Waals surface area contributed by atoms with Crippen molar-refractivity contribution in [1.29, 1.82) is 0 Å². The van der Waals surface area contributed by atoms with Crippen molar-refractivity contribution in [3.63, 3.8) is 0 Å². The molecule has 6 N–H and O–H groups in total. The van der Waals surface area contributed by atoms with Gasteiger partial charge in [0.2, 0.25) is 0 Å². The molecule has 518 valence electrons. The largest absolute Gasteiger partial charge is 2.00 e. The number of aryl methyl sites for hydroxylation is 4. The summed E-state index contributed by atoms with van der Waals surface area (Å²) in [6.07, 6.45) is 9.41. The number of hydrogen-bond acceptors (Lipinski definition) is 6. The van der Waals surface area contributed by atoms with Crippen molar-refractivity contribution in [2.45, 2.75) is 226 Å². The molecule has 8 rings (SSSR count). The smallest absolute Gasteiger partial charge is 0.356 e. The van der Waals surface area contributed by atoms with Crippen LogP contribution in [0.25, 0.3) is 0 Å². The van der Waals surface area contributed by atoms with E-state index in [1.807, 2.05) is 101 Å². The Hall–Kier alpha value is -6.99. The summed E-state index contributed by atoms with van der Waals surface area (Å²) in [6, 6.07) is 42.0. The van der Waals surface area contributed by atoms with Gasteiger partial charge in [0.25, 0.3) is 23.6 Å². The molecule has 0 aromatic heterocycles. The minimum atomic E-state index is -0.0921. The summed E-state index contributed by atoms with van der Waals surface area (Å²) in [5.74, 6) is 1.48. The van der Waals surface area contributed by atoms with E-state index in [2.05, 4.69) is 243 Å². The monoisotopic (exact) mass is 1470 g/mol. The third-order valence-electron chi connectivity index (χ3n) is 17.2. The SMILES string of the molecule is CC(NC(=O)c1c(C(C)C)cc(C)cc1C(C)C)=C1C=CCC(=C(C)NC(=O)c2c(C(C)C)cc(C)cc2C(C)C)N1.CC(NC(=O)c1c(C(C)C)cc(C)cc1C(C)C)=C1C=CCC(=C(C)NC(=O)c2c(C(C)C)cc(C)cc2C(C)C)N1.[Zr+2].[Zr].[c-]1ccccc1.[c-]1ccccc1. The fourth-order valence-electron chi connectivity index (χ4n) is 12.0. The van der Waals surface area contributed by atoms with Crippen LogP contribution in [0.2, 0.25) is 0 Å². The Morgan fingerprint density at radius 2 is 0.531 bits per heavy atom. The second-order valence-corrected chi connectivity index (χ2v) is 28.2. The summed E-state index contributed by atoms with van der Waals surface area (Å²) in [5, 5.41) is 19.6. The van der Waals surface area contributed by atoms with E-state index in [4.69, 9.17) is 0 Å². The molecule has 0 atom stereocenters. The zero-order chi connectivity index (χ0) is 71.4. The zero-order valence-electron chi connectivity index (χ0n) is 63.4. The Bertz CT molecular complexity index is 3470. The summed E-state index contributed by atoms with van der Waals surface area (Å²) < 4.78 is 0. The number of allylic oxidation sites excluding steroid dienone is 8. The van der Waals surface area contributed by atoms with Crippen LogP contribution in [0.15, 0.2) is 179 Å². The molecule has 0 saturated heterocycles. The van der Waals surface area contributed by atoms with Gasteiger partial charge in [-0.05, 0) is 159 Å². The number of hydrogen-bond donors (Lipinski definition) is 6. The van der Waals surface area contributed by atoms with Crippen molar-refractivity contribution in [1.82, 2.24) is 31.9 Å². The standard InChI is InChI=1S/2C37H51N3O2.2C6H5.2Zr/c2*1-20(2)28-16-24(9)17-29(21(3)4)34(28)36(41)38-26(11)32-14-13-15-33(40-32)27(12)39-37(42)35-30(22(5)6)18-25(10)19-31(35)23(7)8;2*1-2-4-6-5-3-1;;/h2*13-14,16-23,40H,15H2,1-12H3,(H,38,41)(H,39,42);2*1-5H;;/q;;2*-1;;+2. The number of carbonyl (C=O) groups excluding carboxylic acids is 4. The van der Waals surface area contributed by atoms with Crippen LogP contribution >= 0.6 is 0 Å². The van der Waals surface area contributed by atoms with E-state index in [-0.39, 0.29) is 123 Å². The molecule has 0 bridgehead atoms. The summed E-state index contributed by atoms with van der Waals surface area (Å²) >= 11 is 0. The minimum absolute atomic E-state index is 0. The second-order valence-electron chi connectivity index (χ2n) is 28.2. The molecule has 0 radical (unpaired) electrons. The Labute approximate surface area is 628 Å². The van der Waals surface area contributed by atoms with E-state index >= 15 is 0 Å². The Morgan fingerprint density at radius 1 is 0.337 bits per heavy atom. The molecular formula is C86H112N6O4Zr2. The maximum absolute atomic E-state index is 13.7. The number of benzene rings is 6. The van der Waals surface area contributed by atoms with Crippen molar-refractivity contribution in [2.75, 3.05) is 0 Å². The quantitative estimate of drug-likeness (QED) is 0.0534. The average molecular weight is 1480 g/mol. The molecule has 0 saturated carbocycles. The van der Waals surface area contributed by atoms with E-state index < -0.39 is 0 Å². The first-order valence-corrected chi connectivity index (χ1v) is 34.6. The van der Waals surface area contributed by atoms with Gasteiger partial charge in [-0.15, -0.1) is 0 Å². The van der Waals surface area contributed by atoms with Gasteiger partial charge in [0.15, 0.2) is 0 Å². The summed E-state index contributed by atoms with van der Waals surface area (Å²) in [5.41, 5.74) is 22.8. The number of carbonyl (C=O) groups is 4. The van der Waals surface area contributed by atoms with Gasteiger partial charge in [0, 0.05) is 95.5 Å². The first kappa shape index (κ1) is 85.2. The first-order chi connectivity index (χ1) is 45.2. The average Bonchev–Trinajstić information content (AvgIpc) is 0.815. The van der Waals surface area contributed by atoms with Crippen LogP contribution in [-0.4, -0.2) is 23.6 Å². The van der Waals surface area contributed by atoms with Crippen molar-refractivity contribution in [3.8, 4) is 0 Å². The number of rotatable bonds is 16. The molecule has 98 heavy (non-hydrogen) atoms. The van der Waals surface area contributed by atoms with Crippen LogP contribution in [0.3, 0.4) is 0 Å². The molecule has 10 nitrogen and oxygen atoms in total. The predicted molar refractivity (Wildman–Crippen MR) is 402 cm³/mol. The van der Waals surface area contributed by atoms with Crippen LogP contribution < -0.4 is 31.9 Å².